The summed E-state index contributed by atoms with van der Waals surface area (Å²) >= 11 is 0. The molecule has 0 unspecified atom stereocenters. The van der Waals surface area contributed by atoms with Gasteiger partial charge in [0, 0.05) is 36.7 Å². The highest BCUT2D eigenvalue weighted by Gasteiger charge is 2.27. The number of nitrogens with zero attached hydrogens (tertiary/aromatic N) is 1. The van der Waals surface area contributed by atoms with Gasteiger partial charge in [-0.1, -0.05) is 0 Å². The maximum absolute atomic E-state index is 5.86. The molecule has 0 aromatic carbocycles. The maximum Gasteiger partial charge on any atom is 0.128 e. The SMILES string of the molecule is Cc1cnc(NC2(C)CCOCC2)cc1N. The van der Waals surface area contributed by atoms with E-state index in [1.807, 2.05) is 13.0 Å². The minimum absolute atomic E-state index is 0.0763. The molecule has 0 atom stereocenters. The fourth-order valence-corrected chi connectivity index (χ4v) is 1.86. The van der Waals surface area contributed by atoms with Crippen LogP contribution < -0.4 is 11.1 Å². The number of hydrogen-bond acceptors (Lipinski definition) is 4. The van der Waals surface area contributed by atoms with Gasteiger partial charge in [0.05, 0.1) is 0 Å². The highest BCUT2D eigenvalue weighted by Crippen LogP contribution is 2.25. The van der Waals surface area contributed by atoms with Gasteiger partial charge in [0.15, 0.2) is 0 Å². The molecule has 88 valence electrons. The van der Waals surface area contributed by atoms with E-state index in [4.69, 9.17) is 10.5 Å². The van der Waals surface area contributed by atoms with Crippen LogP contribution in [0.25, 0.3) is 0 Å². The van der Waals surface area contributed by atoms with Crippen LogP contribution in [0, 0.1) is 6.92 Å². The molecule has 4 nitrogen and oxygen atoms in total. The van der Waals surface area contributed by atoms with Gasteiger partial charge in [-0.15, -0.1) is 0 Å². The molecule has 0 saturated carbocycles. The number of pyridine rings is 1. The molecule has 2 rings (SSSR count). The molecule has 0 aliphatic carbocycles. The van der Waals surface area contributed by atoms with E-state index in [0.717, 1.165) is 43.1 Å². The average molecular weight is 221 g/mol. The van der Waals surface area contributed by atoms with Crippen LogP contribution >= 0.6 is 0 Å². The first-order valence-electron chi connectivity index (χ1n) is 5.67. The first kappa shape index (κ1) is 11.2. The van der Waals surface area contributed by atoms with Crippen molar-refractivity contribution in [3.8, 4) is 0 Å². The van der Waals surface area contributed by atoms with Crippen molar-refractivity contribution in [1.29, 1.82) is 0 Å². The van der Waals surface area contributed by atoms with Crippen molar-refractivity contribution in [3.63, 3.8) is 0 Å². The zero-order chi connectivity index (χ0) is 11.6. The van der Waals surface area contributed by atoms with E-state index in [0.29, 0.717) is 0 Å². The van der Waals surface area contributed by atoms with Gasteiger partial charge in [-0.25, -0.2) is 4.98 Å². The Morgan fingerprint density at radius 1 is 1.44 bits per heavy atom. The molecule has 0 amide bonds. The smallest absolute Gasteiger partial charge is 0.128 e. The highest BCUT2D eigenvalue weighted by molar-refractivity contribution is 5.54. The van der Waals surface area contributed by atoms with E-state index in [1.165, 1.54) is 0 Å². The number of nitrogens with one attached hydrogen (secondary N) is 1. The molecule has 1 aromatic heterocycles. The third kappa shape index (κ3) is 2.44. The minimum Gasteiger partial charge on any atom is -0.398 e. The van der Waals surface area contributed by atoms with Crippen LogP contribution in [0.15, 0.2) is 12.3 Å². The van der Waals surface area contributed by atoms with Crippen LogP contribution in [0.2, 0.25) is 0 Å². The standard InChI is InChI=1S/C12H19N3O/c1-9-8-14-11(7-10(9)13)15-12(2)3-5-16-6-4-12/h7-8H,3-6H2,1-2H3,(H3,13,14,15). The molecule has 1 fully saturated rings. The lowest BCUT2D eigenvalue weighted by atomic mass is 9.92. The van der Waals surface area contributed by atoms with E-state index in [9.17, 15) is 0 Å². The topological polar surface area (TPSA) is 60.2 Å². The molecule has 3 N–H and O–H groups in total. The van der Waals surface area contributed by atoms with Gasteiger partial charge in [0.1, 0.15) is 5.82 Å². The Bertz CT molecular complexity index is 373. The molecule has 0 spiro atoms. The molecule has 4 heteroatoms. The summed E-state index contributed by atoms with van der Waals surface area (Å²) in [4.78, 5) is 4.35. The quantitative estimate of drug-likeness (QED) is 0.801. The van der Waals surface area contributed by atoms with Crippen molar-refractivity contribution >= 4 is 11.5 Å². The van der Waals surface area contributed by atoms with Crippen molar-refractivity contribution in [2.45, 2.75) is 32.2 Å². The largest absolute Gasteiger partial charge is 0.398 e. The van der Waals surface area contributed by atoms with Crippen molar-refractivity contribution < 1.29 is 4.74 Å². The average Bonchev–Trinajstić information content (AvgIpc) is 2.24. The molecule has 0 radical (unpaired) electrons. The second-order valence-electron chi connectivity index (χ2n) is 4.72. The van der Waals surface area contributed by atoms with E-state index < -0.39 is 0 Å². The third-order valence-corrected chi connectivity index (χ3v) is 3.17. The van der Waals surface area contributed by atoms with E-state index in [1.54, 1.807) is 6.20 Å². The van der Waals surface area contributed by atoms with E-state index >= 15 is 0 Å². The van der Waals surface area contributed by atoms with Crippen molar-refractivity contribution in [2.75, 3.05) is 24.3 Å². The molecule has 2 heterocycles. The maximum atomic E-state index is 5.86. The summed E-state index contributed by atoms with van der Waals surface area (Å²) in [7, 11) is 0. The zero-order valence-electron chi connectivity index (χ0n) is 9.92. The van der Waals surface area contributed by atoms with Gasteiger partial charge in [0.25, 0.3) is 0 Å². The van der Waals surface area contributed by atoms with Gasteiger partial charge in [0.2, 0.25) is 0 Å². The monoisotopic (exact) mass is 221 g/mol. The zero-order valence-corrected chi connectivity index (χ0v) is 9.92. The molecule has 1 aromatic rings. The molecule has 0 bridgehead atoms. The van der Waals surface area contributed by atoms with Crippen LogP contribution in [0.3, 0.4) is 0 Å². The van der Waals surface area contributed by atoms with Crippen molar-refractivity contribution in [2.24, 2.45) is 0 Å². The molecular weight excluding hydrogens is 202 g/mol. The number of rotatable bonds is 2. The van der Waals surface area contributed by atoms with Crippen molar-refractivity contribution in [1.82, 2.24) is 4.98 Å². The van der Waals surface area contributed by atoms with Gasteiger partial charge in [-0.05, 0) is 32.3 Å². The number of aryl methyl sites for hydroxylation is 1. The van der Waals surface area contributed by atoms with Gasteiger partial charge in [-0.3, -0.25) is 0 Å². The molecule has 1 aliphatic rings. The molecule has 1 aliphatic heterocycles. The Morgan fingerprint density at radius 2 is 2.12 bits per heavy atom. The lowest BCUT2D eigenvalue weighted by molar-refractivity contribution is 0.0657. The van der Waals surface area contributed by atoms with Crippen LogP contribution in [0.4, 0.5) is 11.5 Å². The van der Waals surface area contributed by atoms with Crippen LogP contribution in [0.1, 0.15) is 25.3 Å². The summed E-state index contributed by atoms with van der Waals surface area (Å²) < 4.78 is 5.36. The fraction of sp³-hybridized carbons (Fsp3) is 0.583. The predicted octanol–water partition coefficient (Wildman–Crippen LogP) is 1.95. The minimum atomic E-state index is 0.0763. The Labute approximate surface area is 96.2 Å². The lowest BCUT2D eigenvalue weighted by Gasteiger charge is -2.35. The number of nitrogens with two attached hydrogens (primary N) is 1. The highest BCUT2D eigenvalue weighted by atomic mass is 16.5. The van der Waals surface area contributed by atoms with Crippen LogP contribution in [-0.2, 0) is 4.74 Å². The number of aromatic nitrogens is 1. The summed E-state index contributed by atoms with van der Waals surface area (Å²) in [6.45, 7) is 5.78. The summed E-state index contributed by atoms with van der Waals surface area (Å²) in [5.74, 6) is 0.854. The summed E-state index contributed by atoms with van der Waals surface area (Å²) in [5, 5.41) is 3.45. The fourth-order valence-electron chi connectivity index (χ4n) is 1.86. The van der Waals surface area contributed by atoms with Crippen LogP contribution in [0.5, 0.6) is 0 Å². The van der Waals surface area contributed by atoms with Gasteiger partial charge < -0.3 is 15.8 Å². The second kappa shape index (κ2) is 4.29. The summed E-state index contributed by atoms with van der Waals surface area (Å²) in [5.41, 5.74) is 7.74. The van der Waals surface area contributed by atoms with Gasteiger partial charge in [-0.2, -0.15) is 0 Å². The number of anilines is 2. The predicted molar refractivity (Wildman–Crippen MR) is 65.5 cm³/mol. The van der Waals surface area contributed by atoms with E-state index in [2.05, 4.69) is 17.2 Å². The number of ether oxygens (including phenoxy) is 1. The summed E-state index contributed by atoms with van der Waals surface area (Å²) in [6.07, 6.45) is 3.81. The Hall–Kier alpha value is -1.29. The third-order valence-electron chi connectivity index (χ3n) is 3.17. The molecule has 1 saturated heterocycles. The molecular formula is C12H19N3O. The van der Waals surface area contributed by atoms with Crippen molar-refractivity contribution in [3.05, 3.63) is 17.8 Å². The first-order chi connectivity index (χ1) is 7.59. The Balaban J connectivity index is 2.10. The number of nitrogen functional groups attached to an aromatic ring is 1. The lowest BCUT2D eigenvalue weighted by Crippen LogP contribution is -2.40. The second-order valence-corrected chi connectivity index (χ2v) is 4.72. The van der Waals surface area contributed by atoms with E-state index in [-0.39, 0.29) is 5.54 Å². The van der Waals surface area contributed by atoms with Crippen LogP contribution in [-0.4, -0.2) is 23.7 Å². The number of hydrogen-bond donors (Lipinski definition) is 2. The van der Waals surface area contributed by atoms with Gasteiger partial charge >= 0.3 is 0 Å². The Morgan fingerprint density at radius 3 is 2.75 bits per heavy atom. The first-order valence-corrected chi connectivity index (χ1v) is 5.67. The normalized spacial score (nSPS) is 19.4. The Kier molecular flexibility index (Phi) is 3.01. The molecule has 16 heavy (non-hydrogen) atoms. The summed E-state index contributed by atoms with van der Waals surface area (Å²) in [6, 6.07) is 1.90.